The van der Waals surface area contributed by atoms with Gasteiger partial charge in [0, 0.05) is 42.7 Å². The van der Waals surface area contributed by atoms with Crippen molar-refractivity contribution < 1.29 is 14.7 Å². The van der Waals surface area contributed by atoms with Crippen LogP contribution in [-0.2, 0) is 13.1 Å². The molecule has 1 saturated heterocycles. The standard InChI is InChI=1S/C29H36N4O4/c1-3-25(31-35)24-16-20(2)17-26-23(24)5-7-29(34)33(26)13-12-32-10-8-22(9-11-32)30-19-21-4-6-27-28(18-21)37-15-14-36-27/h4-7,16-18,22,30,35H,3,8-15,19H2,1-2H3/b31-25-. The third-order valence-electron chi connectivity index (χ3n) is 7.45. The molecule has 196 valence electrons. The number of pyridine rings is 1. The molecule has 0 bridgehead atoms. The molecule has 8 nitrogen and oxygen atoms in total. The number of benzene rings is 2. The number of hydrogen-bond donors (Lipinski definition) is 2. The number of oxime groups is 1. The largest absolute Gasteiger partial charge is 0.486 e. The molecule has 1 fully saturated rings. The van der Waals surface area contributed by atoms with Crippen LogP contribution in [0.2, 0.25) is 0 Å². The number of hydrogen-bond acceptors (Lipinski definition) is 7. The lowest BCUT2D eigenvalue weighted by atomic mass is 9.99. The van der Waals surface area contributed by atoms with Crippen molar-refractivity contribution in [2.75, 3.05) is 32.8 Å². The Labute approximate surface area is 217 Å². The minimum atomic E-state index is -0.000910. The second-order valence-electron chi connectivity index (χ2n) is 9.94. The first-order chi connectivity index (χ1) is 18.1. The topological polar surface area (TPSA) is 88.3 Å². The maximum Gasteiger partial charge on any atom is 0.251 e. The van der Waals surface area contributed by atoms with Gasteiger partial charge in [-0.3, -0.25) is 4.79 Å². The van der Waals surface area contributed by atoms with E-state index in [1.54, 1.807) is 6.07 Å². The lowest BCUT2D eigenvalue weighted by Crippen LogP contribution is -2.43. The number of ether oxygens (including phenoxy) is 2. The van der Waals surface area contributed by atoms with E-state index in [0.717, 1.165) is 72.5 Å². The summed E-state index contributed by atoms with van der Waals surface area (Å²) in [7, 11) is 0. The Morgan fingerprint density at radius 3 is 2.59 bits per heavy atom. The Hall–Kier alpha value is -3.36. The lowest BCUT2D eigenvalue weighted by molar-refractivity contribution is 0.171. The molecule has 0 unspecified atom stereocenters. The Morgan fingerprint density at radius 1 is 1.05 bits per heavy atom. The molecule has 0 spiro atoms. The van der Waals surface area contributed by atoms with Crippen LogP contribution in [0.5, 0.6) is 11.5 Å². The zero-order chi connectivity index (χ0) is 25.8. The maximum absolute atomic E-state index is 12.8. The second-order valence-corrected chi connectivity index (χ2v) is 9.94. The van der Waals surface area contributed by atoms with Crippen LogP contribution < -0.4 is 20.3 Å². The second kappa shape index (κ2) is 11.4. The van der Waals surface area contributed by atoms with Gasteiger partial charge in [0.05, 0.1) is 11.2 Å². The molecule has 0 atom stereocenters. The molecule has 0 amide bonds. The molecule has 2 aromatic carbocycles. The van der Waals surface area contributed by atoms with Gasteiger partial charge >= 0.3 is 0 Å². The average Bonchev–Trinajstić information content (AvgIpc) is 2.92. The number of nitrogens with zero attached hydrogens (tertiary/aromatic N) is 3. The minimum Gasteiger partial charge on any atom is -0.486 e. The van der Waals surface area contributed by atoms with Crippen LogP contribution in [0.3, 0.4) is 0 Å². The molecule has 3 aromatic rings. The van der Waals surface area contributed by atoms with Crippen LogP contribution >= 0.6 is 0 Å². The number of rotatable bonds is 8. The average molecular weight is 505 g/mol. The highest BCUT2D eigenvalue weighted by Gasteiger charge is 2.20. The van der Waals surface area contributed by atoms with Crippen molar-refractivity contribution in [3.05, 3.63) is 69.5 Å². The van der Waals surface area contributed by atoms with E-state index in [2.05, 4.69) is 33.6 Å². The van der Waals surface area contributed by atoms with Gasteiger partial charge in [-0.15, -0.1) is 0 Å². The highest BCUT2D eigenvalue weighted by Crippen LogP contribution is 2.30. The number of likely N-dealkylation sites (tertiary alicyclic amines) is 1. The summed E-state index contributed by atoms with van der Waals surface area (Å²) in [5.41, 5.74) is 4.66. The van der Waals surface area contributed by atoms with Crippen LogP contribution in [0.4, 0.5) is 0 Å². The summed E-state index contributed by atoms with van der Waals surface area (Å²) in [6, 6.07) is 14.2. The smallest absolute Gasteiger partial charge is 0.251 e. The maximum atomic E-state index is 12.8. The van der Waals surface area contributed by atoms with Crippen molar-refractivity contribution in [2.24, 2.45) is 5.16 Å². The van der Waals surface area contributed by atoms with Crippen LogP contribution in [0, 0.1) is 6.92 Å². The molecule has 1 aromatic heterocycles. The third kappa shape index (κ3) is 5.65. The van der Waals surface area contributed by atoms with Gasteiger partial charge in [-0.1, -0.05) is 18.1 Å². The Kier molecular flexibility index (Phi) is 7.76. The summed E-state index contributed by atoms with van der Waals surface area (Å²) in [6.07, 6.45) is 2.77. The monoisotopic (exact) mass is 504 g/mol. The minimum absolute atomic E-state index is 0.000910. The first kappa shape index (κ1) is 25.3. The molecule has 0 saturated carbocycles. The van der Waals surface area contributed by atoms with Crippen molar-refractivity contribution in [3.8, 4) is 11.5 Å². The quantitative estimate of drug-likeness (QED) is 0.275. The molecular weight excluding hydrogens is 468 g/mol. The van der Waals surface area contributed by atoms with Gasteiger partial charge in [0.15, 0.2) is 11.5 Å². The zero-order valence-corrected chi connectivity index (χ0v) is 21.7. The summed E-state index contributed by atoms with van der Waals surface area (Å²) < 4.78 is 13.2. The molecule has 2 N–H and O–H groups in total. The highest BCUT2D eigenvalue weighted by molar-refractivity contribution is 6.10. The first-order valence-electron chi connectivity index (χ1n) is 13.3. The van der Waals surface area contributed by atoms with Crippen LogP contribution in [0.15, 0.2) is 52.4 Å². The predicted octanol–water partition coefficient (Wildman–Crippen LogP) is 3.92. The lowest BCUT2D eigenvalue weighted by Gasteiger charge is -2.32. The van der Waals surface area contributed by atoms with Gasteiger partial charge < -0.3 is 29.5 Å². The van der Waals surface area contributed by atoms with Crippen LogP contribution in [0.1, 0.15) is 42.9 Å². The molecule has 0 radical (unpaired) electrons. The summed E-state index contributed by atoms with van der Waals surface area (Å²) in [6.45, 7) is 9.46. The molecule has 2 aliphatic heterocycles. The van der Waals surface area contributed by atoms with E-state index in [4.69, 9.17) is 9.47 Å². The van der Waals surface area contributed by atoms with Gasteiger partial charge in [-0.05, 0) is 80.7 Å². The Morgan fingerprint density at radius 2 is 1.84 bits per heavy atom. The summed E-state index contributed by atoms with van der Waals surface area (Å²) >= 11 is 0. The van der Waals surface area contributed by atoms with Gasteiger partial charge in [-0.25, -0.2) is 0 Å². The van der Waals surface area contributed by atoms with E-state index in [1.807, 2.05) is 36.6 Å². The SMILES string of the molecule is CC/C(=N/O)c1cc(C)cc2c1ccc(=O)n2CCN1CCC(NCc2ccc3c(c2)OCCO3)CC1. The first-order valence-corrected chi connectivity index (χ1v) is 13.3. The fourth-order valence-corrected chi connectivity index (χ4v) is 5.39. The molecule has 0 aliphatic carbocycles. The molecule has 8 heteroatoms. The van der Waals surface area contributed by atoms with E-state index in [1.165, 1.54) is 5.56 Å². The van der Waals surface area contributed by atoms with E-state index in [-0.39, 0.29) is 5.56 Å². The van der Waals surface area contributed by atoms with Gasteiger partial charge in [0.1, 0.15) is 13.2 Å². The molecule has 37 heavy (non-hydrogen) atoms. The Balaban J connectivity index is 1.19. The van der Waals surface area contributed by atoms with E-state index >= 15 is 0 Å². The van der Waals surface area contributed by atoms with Crippen molar-refractivity contribution in [1.82, 2.24) is 14.8 Å². The summed E-state index contributed by atoms with van der Waals surface area (Å²) in [5, 5.41) is 17.6. The normalized spacial score (nSPS) is 16.9. The van der Waals surface area contributed by atoms with Crippen molar-refractivity contribution in [3.63, 3.8) is 0 Å². The Bertz CT molecular complexity index is 1340. The van der Waals surface area contributed by atoms with Crippen LogP contribution in [0.25, 0.3) is 10.9 Å². The number of nitrogens with one attached hydrogen (secondary N) is 1. The summed E-state index contributed by atoms with van der Waals surface area (Å²) in [5.74, 6) is 1.66. The fourth-order valence-electron chi connectivity index (χ4n) is 5.39. The summed E-state index contributed by atoms with van der Waals surface area (Å²) in [4.78, 5) is 15.3. The van der Waals surface area contributed by atoms with E-state index in [9.17, 15) is 10.0 Å². The van der Waals surface area contributed by atoms with Crippen LogP contribution in [-0.4, -0.2) is 59.3 Å². The highest BCUT2D eigenvalue weighted by atomic mass is 16.6. The van der Waals surface area contributed by atoms with Crippen molar-refractivity contribution >= 4 is 16.6 Å². The number of piperidine rings is 1. The van der Waals surface area contributed by atoms with Crippen molar-refractivity contribution in [1.29, 1.82) is 0 Å². The van der Waals surface area contributed by atoms with Crippen molar-refractivity contribution in [2.45, 2.75) is 52.2 Å². The van der Waals surface area contributed by atoms with Gasteiger partial charge in [-0.2, -0.15) is 0 Å². The third-order valence-corrected chi connectivity index (χ3v) is 7.45. The molecule has 5 rings (SSSR count). The zero-order valence-electron chi connectivity index (χ0n) is 21.7. The van der Waals surface area contributed by atoms with Gasteiger partial charge in [0.25, 0.3) is 5.56 Å². The van der Waals surface area contributed by atoms with Gasteiger partial charge in [0.2, 0.25) is 0 Å². The fraction of sp³-hybridized carbons (Fsp3) is 0.448. The number of aromatic nitrogens is 1. The van der Waals surface area contributed by atoms with E-state index < -0.39 is 0 Å². The predicted molar refractivity (Wildman–Crippen MR) is 145 cm³/mol. The number of fused-ring (bicyclic) bond motifs is 2. The molecule has 2 aliphatic rings. The van der Waals surface area contributed by atoms with E-state index in [0.29, 0.717) is 37.9 Å². The number of aryl methyl sites for hydroxylation is 1. The molecule has 3 heterocycles. The molecular formula is C29H36N4O4.